The van der Waals surface area contributed by atoms with Crippen LogP contribution in [0.2, 0.25) is 0 Å². The Morgan fingerprint density at radius 2 is 0.762 bits per heavy atom. The number of aromatic nitrogens is 9. The summed E-state index contributed by atoms with van der Waals surface area (Å²) in [6.07, 6.45) is 1.75. The smallest absolute Gasteiger partial charge is 0.181 e. The summed E-state index contributed by atoms with van der Waals surface area (Å²) in [5, 5.41) is 22.4. The van der Waals surface area contributed by atoms with E-state index in [1.807, 2.05) is 116 Å². The first-order valence-electron chi connectivity index (χ1n) is 13.4. The van der Waals surface area contributed by atoms with E-state index >= 15 is 0 Å². The van der Waals surface area contributed by atoms with E-state index in [1.165, 1.54) is 0 Å². The third-order valence-corrected chi connectivity index (χ3v) is 6.32. The van der Waals surface area contributed by atoms with Gasteiger partial charge in [-0.25, -0.2) is 15.0 Å². The monoisotopic (exact) mass is 549 g/mol. The van der Waals surface area contributed by atoms with Crippen LogP contribution in [-0.4, -0.2) is 45.5 Å². The summed E-state index contributed by atoms with van der Waals surface area (Å²) in [7, 11) is 0. The van der Waals surface area contributed by atoms with Gasteiger partial charge in [0.05, 0.1) is 0 Å². The van der Waals surface area contributed by atoms with Crippen molar-refractivity contribution in [1.29, 1.82) is 0 Å². The molecule has 7 rings (SSSR count). The van der Waals surface area contributed by atoms with Gasteiger partial charge < -0.3 is 0 Å². The number of hydrogen-bond donors (Lipinski definition) is 3. The molecule has 3 N–H and O–H groups in total. The van der Waals surface area contributed by atoms with Gasteiger partial charge in [0.25, 0.3) is 0 Å². The fourth-order valence-corrected chi connectivity index (χ4v) is 4.35. The molecule has 42 heavy (non-hydrogen) atoms. The highest BCUT2D eigenvalue weighted by Crippen LogP contribution is 2.27. The van der Waals surface area contributed by atoms with Crippen molar-refractivity contribution in [2.45, 2.75) is 6.92 Å². The van der Waals surface area contributed by atoms with Gasteiger partial charge in [0.15, 0.2) is 34.9 Å². The SMILES string of the molecule is C=CC.c1ccc(-c2n[nH]c(-c3cccc(-c4n[nH]c(-c5cccc(-c6nc(-c7ccccc7)n[nH]6)c5)n4)c3)n2)cc1. The third kappa shape index (κ3) is 5.66. The van der Waals surface area contributed by atoms with Crippen molar-refractivity contribution in [3.05, 3.63) is 122 Å². The van der Waals surface area contributed by atoms with Crippen LogP contribution >= 0.6 is 0 Å². The number of nitrogens with zero attached hydrogens (tertiary/aromatic N) is 6. The normalized spacial score (nSPS) is 10.6. The lowest BCUT2D eigenvalue weighted by Crippen LogP contribution is -1.86. The second-order valence-electron chi connectivity index (χ2n) is 9.32. The van der Waals surface area contributed by atoms with E-state index in [1.54, 1.807) is 6.08 Å². The Kier molecular flexibility index (Phi) is 7.54. The fourth-order valence-electron chi connectivity index (χ4n) is 4.35. The van der Waals surface area contributed by atoms with Crippen LogP contribution in [0.3, 0.4) is 0 Å². The average Bonchev–Trinajstić information content (AvgIpc) is 3.84. The summed E-state index contributed by atoms with van der Waals surface area (Å²) in [6.45, 7) is 5.25. The Bertz CT molecular complexity index is 1780. The largest absolute Gasteiger partial charge is 0.259 e. The van der Waals surface area contributed by atoms with Crippen molar-refractivity contribution in [1.82, 2.24) is 45.5 Å². The molecule has 7 aromatic rings. The Morgan fingerprint density at radius 3 is 1.17 bits per heavy atom. The summed E-state index contributed by atoms with van der Waals surface area (Å²) >= 11 is 0. The first-order chi connectivity index (χ1) is 20.7. The van der Waals surface area contributed by atoms with E-state index < -0.39 is 0 Å². The number of allylic oxidation sites excluding steroid dienone is 1. The minimum atomic E-state index is 0.589. The van der Waals surface area contributed by atoms with Crippen molar-refractivity contribution in [2.75, 3.05) is 0 Å². The molecule has 9 nitrogen and oxygen atoms in total. The molecule has 4 aromatic carbocycles. The molecule has 0 amide bonds. The number of hydrogen-bond acceptors (Lipinski definition) is 6. The summed E-state index contributed by atoms with van der Waals surface area (Å²) in [5.74, 6) is 3.92. The van der Waals surface area contributed by atoms with Crippen molar-refractivity contribution >= 4 is 0 Å². The van der Waals surface area contributed by atoms with Crippen LogP contribution in [0.4, 0.5) is 0 Å². The number of H-pyrrole nitrogens is 3. The highest BCUT2D eigenvalue weighted by Gasteiger charge is 2.13. The summed E-state index contributed by atoms with van der Waals surface area (Å²) < 4.78 is 0. The van der Waals surface area contributed by atoms with Gasteiger partial charge >= 0.3 is 0 Å². The van der Waals surface area contributed by atoms with Gasteiger partial charge in [-0.2, -0.15) is 15.3 Å². The van der Waals surface area contributed by atoms with Crippen molar-refractivity contribution in [3.63, 3.8) is 0 Å². The molecule has 3 heterocycles. The lowest BCUT2D eigenvalue weighted by molar-refractivity contribution is 1.09. The van der Waals surface area contributed by atoms with E-state index in [0.29, 0.717) is 34.9 Å². The molecule has 3 aromatic heterocycles. The first kappa shape index (κ1) is 26.3. The molecule has 0 bridgehead atoms. The third-order valence-electron chi connectivity index (χ3n) is 6.32. The van der Waals surface area contributed by atoms with Gasteiger partial charge in [-0.05, 0) is 19.1 Å². The highest BCUT2D eigenvalue weighted by atomic mass is 15.2. The molecule has 0 saturated carbocycles. The topological polar surface area (TPSA) is 125 Å². The summed E-state index contributed by atoms with van der Waals surface area (Å²) in [4.78, 5) is 14.1. The van der Waals surface area contributed by atoms with Gasteiger partial charge in [0.1, 0.15) is 0 Å². The quantitative estimate of drug-likeness (QED) is 0.188. The average molecular weight is 550 g/mol. The predicted octanol–water partition coefficient (Wildman–Crippen LogP) is 7.24. The number of rotatable bonds is 6. The molecule has 0 saturated heterocycles. The van der Waals surface area contributed by atoms with Gasteiger partial charge in [0, 0.05) is 33.4 Å². The van der Waals surface area contributed by atoms with Crippen molar-refractivity contribution in [3.8, 4) is 68.3 Å². The molecule has 0 aliphatic heterocycles. The molecule has 0 atom stereocenters. The Hall–Kier alpha value is -5.96. The zero-order chi connectivity index (χ0) is 28.7. The van der Waals surface area contributed by atoms with Crippen LogP contribution < -0.4 is 0 Å². The van der Waals surface area contributed by atoms with Crippen LogP contribution in [0.25, 0.3) is 68.3 Å². The van der Waals surface area contributed by atoms with E-state index in [-0.39, 0.29) is 0 Å². The van der Waals surface area contributed by atoms with E-state index in [4.69, 9.17) is 4.98 Å². The van der Waals surface area contributed by atoms with Crippen LogP contribution in [0.1, 0.15) is 6.92 Å². The Morgan fingerprint density at radius 1 is 0.452 bits per heavy atom. The van der Waals surface area contributed by atoms with E-state index in [0.717, 1.165) is 33.4 Å². The fraction of sp³-hybridized carbons (Fsp3) is 0.0303. The number of benzene rings is 4. The second-order valence-corrected chi connectivity index (χ2v) is 9.32. The van der Waals surface area contributed by atoms with Crippen LogP contribution in [0.15, 0.2) is 122 Å². The van der Waals surface area contributed by atoms with Gasteiger partial charge in [0.2, 0.25) is 0 Å². The summed E-state index contributed by atoms with van der Waals surface area (Å²) in [6, 6.07) is 35.6. The number of aromatic amines is 3. The molecule has 0 fully saturated rings. The maximum absolute atomic E-state index is 4.77. The minimum absolute atomic E-state index is 0.589. The standard InChI is InChI=1S/C30H21N9.C3H6/c1-3-9-19(10-4-1)25-31-27(36-34-25)21-13-7-15-23(17-21)29-33-30(39-38-29)24-16-8-14-22(18-24)28-32-26(35-37-28)20-11-5-2-6-12-20;1-3-2/h1-18H,(H,31,34,36)(H,32,35,37)(H,33,38,39);3H,1H2,2H3. The first-order valence-corrected chi connectivity index (χ1v) is 13.4. The Balaban J connectivity index is 0.00000101. The molecule has 0 spiro atoms. The molecule has 0 aliphatic rings. The molecular formula is C33H27N9. The van der Waals surface area contributed by atoms with Gasteiger partial charge in [-0.15, -0.1) is 6.58 Å². The maximum atomic E-state index is 4.77. The van der Waals surface area contributed by atoms with E-state index in [9.17, 15) is 0 Å². The zero-order valence-corrected chi connectivity index (χ0v) is 22.9. The van der Waals surface area contributed by atoms with Crippen LogP contribution in [0.5, 0.6) is 0 Å². The molecule has 204 valence electrons. The van der Waals surface area contributed by atoms with E-state index in [2.05, 4.69) is 47.1 Å². The molecular weight excluding hydrogens is 522 g/mol. The van der Waals surface area contributed by atoms with Gasteiger partial charge in [-0.1, -0.05) is 103 Å². The predicted molar refractivity (Wildman–Crippen MR) is 165 cm³/mol. The molecule has 0 aliphatic carbocycles. The molecule has 0 unspecified atom stereocenters. The maximum Gasteiger partial charge on any atom is 0.181 e. The molecule has 9 heteroatoms. The lowest BCUT2D eigenvalue weighted by atomic mass is 10.1. The number of nitrogens with one attached hydrogen (secondary N) is 3. The van der Waals surface area contributed by atoms with Crippen LogP contribution in [0, 0.1) is 0 Å². The second kappa shape index (κ2) is 12.1. The van der Waals surface area contributed by atoms with Crippen molar-refractivity contribution < 1.29 is 0 Å². The molecule has 0 radical (unpaired) electrons. The Labute approximate surface area is 242 Å². The zero-order valence-electron chi connectivity index (χ0n) is 22.9. The minimum Gasteiger partial charge on any atom is -0.259 e. The highest BCUT2D eigenvalue weighted by molar-refractivity contribution is 5.71. The van der Waals surface area contributed by atoms with Crippen molar-refractivity contribution in [2.24, 2.45) is 0 Å². The summed E-state index contributed by atoms with van der Waals surface area (Å²) in [5.41, 5.74) is 5.48. The lowest BCUT2D eigenvalue weighted by Gasteiger charge is -2.01. The van der Waals surface area contributed by atoms with Crippen LogP contribution in [-0.2, 0) is 0 Å². The van der Waals surface area contributed by atoms with Gasteiger partial charge in [-0.3, -0.25) is 15.3 Å².